The molecule has 130 valence electrons. The van der Waals surface area contributed by atoms with Gasteiger partial charge in [-0.05, 0) is 27.2 Å². The first-order chi connectivity index (χ1) is 10.7. The Balaban J connectivity index is 2.42. The minimum absolute atomic E-state index is 0.0181. The Hall–Kier alpha value is -1.63. The van der Waals surface area contributed by atoms with Crippen LogP contribution in [0.25, 0.3) is 0 Å². The number of likely N-dealkylation sites (N-methyl/N-ethyl adjacent to an activating group) is 1. The lowest BCUT2D eigenvalue weighted by molar-refractivity contribution is -0.122. The molecule has 1 heterocycles. The summed E-state index contributed by atoms with van der Waals surface area (Å²) in [6, 6.07) is 0. The number of guanidine groups is 1. The zero-order chi connectivity index (χ0) is 17.5. The normalized spacial score (nSPS) is 12.2. The van der Waals surface area contributed by atoms with Crippen LogP contribution in [0.3, 0.4) is 0 Å². The Bertz CT molecular complexity index is 533. The number of carbonyl (C=O) groups excluding carboxylic acids is 1. The third-order valence-electron chi connectivity index (χ3n) is 3.04. The van der Waals surface area contributed by atoms with Gasteiger partial charge in [0, 0.05) is 43.7 Å². The van der Waals surface area contributed by atoms with Crippen molar-refractivity contribution in [3.8, 4) is 0 Å². The van der Waals surface area contributed by atoms with Gasteiger partial charge in [0.05, 0.1) is 11.6 Å². The fraction of sp³-hybridized carbons (Fsp3) is 0.688. The zero-order valence-corrected chi connectivity index (χ0v) is 15.9. The van der Waals surface area contributed by atoms with Crippen LogP contribution in [0.5, 0.6) is 0 Å². The molecule has 0 radical (unpaired) electrons. The number of aryl methyl sites for hydroxylation is 1. The number of amides is 1. The predicted molar refractivity (Wildman–Crippen MR) is 97.1 cm³/mol. The summed E-state index contributed by atoms with van der Waals surface area (Å²) in [4.78, 5) is 23.7. The van der Waals surface area contributed by atoms with Crippen molar-refractivity contribution in [1.29, 1.82) is 0 Å². The molecule has 0 aliphatic carbocycles. The van der Waals surface area contributed by atoms with E-state index >= 15 is 0 Å². The fourth-order valence-corrected chi connectivity index (χ4v) is 2.90. The van der Waals surface area contributed by atoms with Crippen molar-refractivity contribution in [1.82, 2.24) is 20.5 Å². The molecule has 0 aliphatic heterocycles. The van der Waals surface area contributed by atoms with Gasteiger partial charge in [-0.2, -0.15) is 0 Å². The number of nitrogens with zero attached hydrogens (tertiary/aromatic N) is 3. The summed E-state index contributed by atoms with van der Waals surface area (Å²) in [5.74, 6) is 0.691. The lowest BCUT2D eigenvalue weighted by atomic mass is 10.1. The van der Waals surface area contributed by atoms with E-state index in [-0.39, 0.29) is 18.0 Å². The van der Waals surface area contributed by atoms with E-state index in [0.29, 0.717) is 5.96 Å². The van der Waals surface area contributed by atoms with Crippen molar-refractivity contribution in [3.63, 3.8) is 0 Å². The zero-order valence-electron chi connectivity index (χ0n) is 15.1. The maximum atomic E-state index is 12.0. The second-order valence-electron chi connectivity index (χ2n) is 6.45. The van der Waals surface area contributed by atoms with E-state index in [0.717, 1.165) is 24.4 Å². The molecule has 0 aliphatic rings. The lowest BCUT2D eigenvalue weighted by Crippen LogP contribution is -2.49. The molecule has 0 bridgehead atoms. The maximum Gasteiger partial charge on any atom is 0.240 e. The molecule has 0 spiro atoms. The molecule has 0 fully saturated rings. The van der Waals surface area contributed by atoms with Crippen LogP contribution in [0.15, 0.2) is 11.2 Å². The van der Waals surface area contributed by atoms with Crippen molar-refractivity contribution in [2.45, 2.75) is 46.1 Å². The topological polar surface area (TPSA) is 69.6 Å². The number of hydrogen-bond donors (Lipinski definition) is 2. The van der Waals surface area contributed by atoms with Crippen molar-refractivity contribution in [3.05, 3.63) is 16.1 Å². The molecule has 0 aromatic carbocycles. The van der Waals surface area contributed by atoms with Crippen LogP contribution < -0.4 is 10.6 Å². The predicted octanol–water partition coefficient (Wildman–Crippen LogP) is 1.67. The summed E-state index contributed by atoms with van der Waals surface area (Å²) in [5, 5.41) is 7.35. The summed E-state index contributed by atoms with van der Waals surface area (Å²) in [6.45, 7) is 9.06. The highest BCUT2D eigenvalue weighted by Gasteiger charge is 2.16. The molecule has 1 aromatic rings. The van der Waals surface area contributed by atoms with E-state index in [2.05, 4.69) is 27.5 Å². The van der Waals surface area contributed by atoms with Gasteiger partial charge in [0.25, 0.3) is 0 Å². The van der Waals surface area contributed by atoms with Crippen LogP contribution >= 0.6 is 11.3 Å². The second-order valence-corrected chi connectivity index (χ2v) is 7.65. The van der Waals surface area contributed by atoms with E-state index < -0.39 is 0 Å². The first kappa shape index (κ1) is 19.4. The first-order valence-corrected chi connectivity index (χ1v) is 8.73. The van der Waals surface area contributed by atoms with Crippen LogP contribution in [0.2, 0.25) is 0 Å². The van der Waals surface area contributed by atoms with Crippen LogP contribution in [0.1, 0.15) is 37.6 Å². The van der Waals surface area contributed by atoms with E-state index in [1.807, 2.05) is 38.9 Å². The average Bonchev–Trinajstić information content (AvgIpc) is 2.89. The van der Waals surface area contributed by atoms with Crippen LogP contribution in [-0.4, -0.2) is 54.5 Å². The molecule has 23 heavy (non-hydrogen) atoms. The number of rotatable bonds is 6. The summed E-state index contributed by atoms with van der Waals surface area (Å²) >= 11 is 1.75. The highest BCUT2D eigenvalue weighted by molar-refractivity contribution is 7.11. The number of aromatic nitrogens is 1. The number of carbonyl (C=O) groups is 1. The van der Waals surface area contributed by atoms with Gasteiger partial charge in [-0.1, -0.05) is 6.92 Å². The number of aliphatic imine (C=N–C) groups is 1. The number of nitrogens with one attached hydrogen (secondary N) is 2. The molecule has 1 rings (SSSR count). The van der Waals surface area contributed by atoms with E-state index in [9.17, 15) is 4.79 Å². The highest BCUT2D eigenvalue weighted by Crippen LogP contribution is 2.13. The van der Waals surface area contributed by atoms with Gasteiger partial charge < -0.3 is 15.5 Å². The molecule has 1 amide bonds. The third kappa shape index (κ3) is 7.45. The van der Waals surface area contributed by atoms with Crippen LogP contribution in [-0.2, 0) is 17.6 Å². The monoisotopic (exact) mass is 339 g/mol. The quantitative estimate of drug-likeness (QED) is 0.611. The molecule has 7 heteroatoms. The molecule has 6 nitrogen and oxygen atoms in total. The smallest absolute Gasteiger partial charge is 0.240 e. The Labute approximate surface area is 143 Å². The van der Waals surface area contributed by atoms with Gasteiger partial charge in [0.1, 0.15) is 0 Å². The Morgan fingerprint density at radius 3 is 2.65 bits per heavy atom. The lowest BCUT2D eigenvalue weighted by Gasteiger charge is -2.25. The minimum Gasteiger partial charge on any atom is -0.356 e. The van der Waals surface area contributed by atoms with E-state index in [1.54, 1.807) is 18.4 Å². The fourth-order valence-electron chi connectivity index (χ4n) is 2.04. The number of thiazole rings is 1. The van der Waals surface area contributed by atoms with Gasteiger partial charge in [0.15, 0.2) is 5.96 Å². The molecule has 1 aromatic heterocycles. The Morgan fingerprint density at radius 2 is 2.13 bits per heavy atom. The minimum atomic E-state index is -0.225. The van der Waals surface area contributed by atoms with Crippen LogP contribution in [0.4, 0.5) is 0 Å². The molecule has 0 unspecified atom stereocenters. The number of hydrogen-bond acceptors (Lipinski definition) is 4. The second kappa shape index (κ2) is 8.86. The van der Waals surface area contributed by atoms with Gasteiger partial charge in [0.2, 0.25) is 5.91 Å². The summed E-state index contributed by atoms with van der Waals surface area (Å²) in [6.07, 6.45) is 3.82. The summed E-state index contributed by atoms with van der Waals surface area (Å²) in [7, 11) is 3.58. The van der Waals surface area contributed by atoms with Crippen molar-refractivity contribution < 1.29 is 4.79 Å². The molecule has 2 N–H and O–H groups in total. The van der Waals surface area contributed by atoms with Gasteiger partial charge in [-0.3, -0.25) is 9.79 Å². The summed E-state index contributed by atoms with van der Waals surface area (Å²) < 4.78 is 0. The SMILES string of the molecule is CCc1cnc(CCNC(=NC)N(C)CC(=O)NC(C)(C)C)s1. The summed E-state index contributed by atoms with van der Waals surface area (Å²) in [5.41, 5.74) is -0.225. The molecule has 0 saturated carbocycles. The standard InChI is InChI=1S/C16H29N5OS/c1-7-12-10-19-14(23-12)8-9-18-15(17-5)21(6)11-13(22)20-16(2,3)4/h10H,7-9,11H2,1-6H3,(H,17,18)(H,20,22). The van der Waals surface area contributed by atoms with Crippen LogP contribution in [0, 0.1) is 0 Å². The molecule has 0 saturated heterocycles. The third-order valence-corrected chi connectivity index (χ3v) is 4.24. The van der Waals surface area contributed by atoms with Gasteiger partial charge in [-0.15, -0.1) is 11.3 Å². The maximum absolute atomic E-state index is 12.0. The van der Waals surface area contributed by atoms with Gasteiger partial charge >= 0.3 is 0 Å². The average molecular weight is 340 g/mol. The molecule has 0 atom stereocenters. The molecular weight excluding hydrogens is 310 g/mol. The van der Waals surface area contributed by atoms with E-state index in [1.165, 1.54) is 4.88 Å². The van der Waals surface area contributed by atoms with Gasteiger partial charge in [-0.25, -0.2) is 4.98 Å². The van der Waals surface area contributed by atoms with Crippen molar-refractivity contribution in [2.24, 2.45) is 4.99 Å². The van der Waals surface area contributed by atoms with E-state index in [4.69, 9.17) is 0 Å². The Kier molecular flexibility index (Phi) is 7.48. The van der Waals surface area contributed by atoms with Crippen molar-refractivity contribution in [2.75, 3.05) is 27.2 Å². The first-order valence-electron chi connectivity index (χ1n) is 7.91. The largest absolute Gasteiger partial charge is 0.356 e. The Morgan fingerprint density at radius 1 is 1.43 bits per heavy atom. The van der Waals surface area contributed by atoms with Crippen molar-refractivity contribution >= 4 is 23.2 Å². The molecular formula is C16H29N5OS. The highest BCUT2D eigenvalue weighted by atomic mass is 32.1.